The molecule has 1 aliphatic heterocycles. The van der Waals surface area contributed by atoms with E-state index >= 15 is 0 Å². The number of carbonyl (C=O) groups excluding carboxylic acids is 1. The van der Waals surface area contributed by atoms with Gasteiger partial charge >= 0.3 is 0 Å². The lowest BCUT2D eigenvalue weighted by molar-refractivity contribution is -0.119. The van der Waals surface area contributed by atoms with E-state index in [4.69, 9.17) is 5.73 Å². The summed E-state index contributed by atoms with van der Waals surface area (Å²) < 4.78 is 1.18. The molecule has 1 atom stereocenters. The maximum absolute atomic E-state index is 11.2. The number of guanidine groups is 1. The van der Waals surface area contributed by atoms with Crippen LogP contribution in [0.1, 0.15) is 37.7 Å². The Labute approximate surface area is 181 Å². The third-order valence-corrected chi connectivity index (χ3v) is 6.10. The summed E-state index contributed by atoms with van der Waals surface area (Å²) in [5.41, 5.74) is 6.96. The molecule has 1 aliphatic carbocycles. The van der Waals surface area contributed by atoms with Gasteiger partial charge in [-0.05, 0) is 43.2 Å². The van der Waals surface area contributed by atoms with Crippen LogP contribution < -0.4 is 11.1 Å². The van der Waals surface area contributed by atoms with Gasteiger partial charge in [0.1, 0.15) is 0 Å². The molecule has 3 rings (SSSR count). The van der Waals surface area contributed by atoms with Crippen LogP contribution in [0.2, 0.25) is 0 Å². The van der Waals surface area contributed by atoms with Crippen molar-refractivity contribution < 1.29 is 4.79 Å². The van der Waals surface area contributed by atoms with Gasteiger partial charge in [-0.3, -0.25) is 9.79 Å². The van der Waals surface area contributed by atoms with Crippen molar-refractivity contribution >= 4 is 51.8 Å². The molecule has 26 heavy (non-hydrogen) atoms. The second-order valence-electron chi connectivity index (χ2n) is 7.29. The second-order valence-corrected chi connectivity index (χ2v) is 8.14. The van der Waals surface area contributed by atoms with Crippen LogP contribution in [-0.2, 0) is 10.2 Å². The number of nitrogens with zero attached hydrogens (tertiary/aromatic N) is 2. The molecule has 0 spiro atoms. The van der Waals surface area contributed by atoms with Crippen molar-refractivity contribution in [3.63, 3.8) is 0 Å². The fourth-order valence-electron chi connectivity index (χ4n) is 3.87. The zero-order valence-corrected chi connectivity index (χ0v) is 19.1. The van der Waals surface area contributed by atoms with Crippen LogP contribution in [0, 0.1) is 5.92 Å². The highest BCUT2D eigenvalue weighted by Crippen LogP contribution is 2.49. The smallest absolute Gasteiger partial charge is 0.217 e. The lowest BCUT2D eigenvalue weighted by Gasteiger charge is -2.35. The number of primary amides is 1. The number of amides is 1. The van der Waals surface area contributed by atoms with E-state index in [2.05, 4.69) is 55.4 Å². The molecule has 144 valence electrons. The van der Waals surface area contributed by atoms with Gasteiger partial charge in [-0.15, -0.1) is 24.0 Å². The molecule has 0 bridgehead atoms. The maximum atomic E-state index is 11.2. The Balaban J connectivity index is 0.00000243. The van der Waals surface area contributed by atoms with Crippen molar-refractivity contribution in [2.45, 2.75) is 37.5 Å². The molecule has 1 amide bonds. The number of halogens is 2. The third-order valence-electron chi connectivity index (χ3n) is 5.40. The number of benzene rings is 1. The number of nitrogens with one attached hydrogen (secondary N) is 1. The summed E-state index contributed by atoms with van der Waals surface area (Å²) in [5, 5.41) is 3.58. The van der Waals surface area contributed by atoms with E-state index in [0.717, 1.165) is 38.4 Å². The van der Waals surface area contributed by atoms with Gasteiger partial charge in [-0.1, -0.05) is 34.1 Å². The highest BCUT2D eigenvalue weighted by molar-refractivity contribution is 14.0. The van der Waals surface area contributed by atoms with Crippen molar-refractivity contribution in [1.29, 1.82) is 0 Å². The summed E-state index contributed by atoms with van der Waals surface area (Å²) >= 11 is 3.69. The monoisotopic (exact) mass is 534 g/mol. The van der Waals surface area contributed by atoms with Crippen LogP contribution in [-0.4, -0.2) is 43.4 Å². The zero-order valence-electron chi connectivity index (χ0n) is 15.2. The average Bonchev–Trinajstić information content (AvgIpc) is 3.36. The maximum Gasteiger partial charge on any atom is 0.217 e. The Kier molecular flexibility index (Phi) is 7.76. The van der Waals surface area contributed by atoms with Crippen LogP contribution in [0.15, 0.2) is 33.7 Å². The summed E-state index contributed by atoms with van der Waals surface area (Å²) in [4.78, 5) is 18.0. The zero-order chi connectivity index (χ0) is 17.9. The number of hydrogen-bond acceptors (Lipinski definition) is 2. The van der Waals surface area contributed by atoms with Crippen LogP contribution in [0.3, 0.4) is 0 Å². The van der Waals surface area contributed by atoms with Crippen LogP contribution in [0.4, 0.5) is 0 Å². The van der Waals surface area contributed by atoms with Crippen LogP contribution in [0.5, 0.6) is 0 Å². The minimum atomic E-state index is -0.208. The number of hydrogen-bond donors (Lipinski definition) is 2. The number of carbonyl (C=O) groups is 1. The molecular weight excluding hydrogens is 507 g/mol. The average molecular weight is 535 g/mol. The van der Waals surface area contributed by atoms with E-state index in [9.17, 15) is 4.79 Å². The van der Waals surface area contributed by atoms with Gasteiger partial charge in [0.05, 0.1) is 0 Å². The quantitative estimate of drug-likeness (QED) is 0.346. The second kappa shape index (κ2) is 9.39. The molecule has 1 aromatic carbocycles. The summed E-state index contributed by atoms with van der Waals surface area (Å²) in [6, 6.07) is 8.49. The highest BCUT2D eigenvalue weighted by Gasteiger charge is 2.45. The summed E-state index contributed by atoms with van der Waals surface area (Å²) in [7, 11) is 1.83. The molecule has 1 aromatic rings. The summed E-state index contributed by atoms with van der Waals surface area (Å²) in [6.45, 7) is 2.72. The fraction of sp³-hybridized carbons (Fsp3) is 0.579. The predicted molar refractivity (Wildman–Crippen MR) is 120 cm³/mol. The van der Waals surface area contributed by atoms with Gasteiger partial charge in [-0.2, -0.15) is 0 Å². The standard InChI is InChI=1S/C19H27BrN4O.HI/c1-22-18(24-10-4-5-14(12-24)11-17(21)25)23-13-19(8-9-19)15-6-2-3-7-16(15)20;/h2-3,6-7,14H,4-5,8-13H2,1H3,(H2,21,25)(H,22,23);1H. The number of rotatable bonds is 5. The Morgan fingerprint density at radius 2 is 2.15 bits per heavy atom. The van der Waals surface area contributed by atoms with Crippen molar-refractivity contribution in [2.24, 2.45) is 16.6 Å². The summed E-state index contributed by atoms with van der Waals surface area (Å²) in [5.74, 6) is 1.07. The first-order chi connectivity index (χ1) is 12.0. The van der Waals surface area contributed by atoms with E-state index in [0.29, 0.717) is 12.3 Å². The fourth-order valence-corrected chi connectivity index (χ4v) is 4.58. The third kappa shape index (κ3) is 5.12. The minimum Gasteiger partial charge on any atom is -0.370 e. The molecule has 5 nitrogen and oxygen atoms in total. The van der Waals surface area contributed by atoms with Gasteiger partial charge in [0.15, 0.2) is 5.96 Å². The van der Waals surface area contributed by atoms with Gasteiger partial charge in [0.2, 0.25) is 5.91 Å². The molecule has 1 saturated heterocycles. The lowest BCUT2D eigenvalue weighted by atomic mass is 9.94. The van der Waals surface area contributed by atoms with Gasteiger partial charge in [0, 0.05) is 43.0 Å². The topological polar surface area (TPSA) is 70.7 Å². The number of piperidine rings is 1. The van der Waals surface area contributed by atoms with Crippen LogP contribution in [0.25, 0.3) is 0 Å². The number of aliphatic imine (C=N–C) groups is 1. The van der Waals surface area contributed by atoms with Crippen molar-refractivity contribution in [3.05, 3.63) is 34.3 Å². The molecule has 7 heteroatoms. The normalized spacial score (nSPS) is 21.7. The highest BCUT2D eigenvalue weighted by atomic mass is 127. The SMILES string of the molecule is CN=C(NCC1(c2ccccc2Br)CC1)N1CCCC(CC(N)=O)C1.I. The molecule has 1 saturated carbocycles. The Morgan fingerprint density at radius 3 is 2.77 bits per heavy atom. The molecule has 0 radical (unpaired) electrons. The molecule has 2 fully saturated rings. The Bertz CT molecular complexity index is 663. The van der Waals surface area contributed by atoms with E-state index in [1.54, 1.807) is 0 Å². The minimum absolute atomic E-state index is 0. The van der Waals surface area contributed by atoms with E-state index in [-0.39, 0.29) is 35.3 Å². The van der Waals surface area contributed by atoms with Gasteiger partial charge in [-0.25, -0.2) is 0 Å². The van der Waals surface area contributed by atoms with Crippen molar-refractivity contribution in [3.8, 4) is 0 Å². The Morgan fingerprint density at radius 1 is 1.42 bits per heavy atom. The predicted octanol–water partition coefficient (Wildman–Crippen LogP) is 3.26. The molecule has 3 N–H and O–H groups in total. The van der Waals surface area contributed by atoms with E-state index in [1.165, 1.54) is 22.9 Å². The van der Waals surface area contributed by atoms with Crippen molar-refractivity contribution in [2.75, 3.05) is 26.7 Å². The number of nitrogens with two attached hydrogens (primary N) is 1. The van der Waals surface area contributed by atoms with Crippen LogP contribution >= 0.6 is 39.9 Å². The Hall–Kier alpha value is -0.830. The van der Waals surface area contributed by atoms with Gasteiger partial charge < -0.3 is 16.0 Å². The molecule has 0 aromatic heterocycles. The molecule has 1 unspecified atom stereocenters. The molecule has 2 aliphatic rings. The van der Waals surface area contributed by atoms with E-state index in [1.807, 2.05) is 7.05 Å². The summed E-state index contributed by atoms with van der Waals surface area (Å²) in [6.07, 6.45) is 5.01. The first-order valence-corrected chi connectivity index (χ1v) is 9.82. The van der Waals surface area contributed by atoms with E-state index < -0.39 is 0 Å². The largest absolute Gasteiger partial charge is 0.370 e. The molecular formula is C19H28BrIN4O. The lowest BCUT2D eigenvalue weighted by Crippen LogP contribution is -2.48. The first kappa shape index (κ1) is 21.5. The van der Waals surface area contributed by atoms with Gasteiger partial charge in [0.25, 0.3) is 0 Å². The molecule has 1 heterocycles. The number of likely N-dealkylation sites (tertiary alicyclic amines) is 1. The van der Waals surface area contributed by atoms with Crippen molar-refractivity contribution in [1.82, 2.24) is 10.2 Å². The first-order valence-electron chi connectivity index (χ1n) is 9.03.